The molecule has 6 heteroatoms. The monoisotopic (exact) mass is 297 g/mol. The molecule has 5 nitrogen and oxygen atoms in total. The van der Waals surface area contributed by atoms with Crippen LogP contribution in [0.2, 0.25) is 0 Å². The van der Waals surface area contributed by atoms with Crippen LogP contribution in [0.3, 0.4) is 0 Å². The van der Waals surface area contributed by atoms with Crippen molar-refractivity contribution in [1.82, 2.24) is 9.62 Å². The minimum Gasteiger partial charge on any atom is -0.398 e. The topological polar surface area (TPSA) is 75.4 Å². The molecule has 2 rings (SSSR count). The Balaban J connectivity index is 2.24. The van der Waals surface area contributed by atoms with E-state index < -0.39 is 10.0 Å². The fraction of sp³-hybridized carbons (Fsp3) is 0.571. The van der Waals surface area contributed by atoms with Gasteiger partial charge in [-0.25, -0.2) is 13.1 Å². The van der Waals surface area contributed by atoms with Crippen LogP contribution in [0.15, 0.2) is 17.0 Å². The molecule has 1 aliphatic rings. The van der Waals surface area contributed by atoms with Crippen molar-refractivity contribution in [2.24, 2.45) is 0 Å². The van der Waals surface area contributed by atoms with Gasteiger partial charge in [-0.05, 0) is 63.5 Å². The lowest BCUT2D eigenvalue weighted by Gasteiger charge is -2.30. The molecule has 112 valence electrons. The van der Waals surface area contributed by atoms with Crippen LogP contribution in [0.25, 0.3) is 0 Å². The number of anilines is 1. The molecule has 1 fully saturated rings. The molecule has 1 unspecified atom stereocenters. The quantitative estimate of drug-likeness (QED) is 0.824. The van der Waals surface area contributed by atoms with Crippen molar-refractivity contribution < 1.29 is 8.42 Å². The highest BCUT2D eigenvalue weighted by atomic mass is 32.2. The van der Waals surface area contributed by atoms with Gasteiger partial charge in [0.15, 0.2) is 0 Å². The predicted octanol–water partition coefficient (Wildman–Crippen LogP) is 1.26. The van der Waals surface area contributed by atoms with Crippen LogP contribution in [-0.4, -0.2) is 39.5 Å². The number of benzene rings is 1. The van der Waals surface area contributed by atoms with E-state index in [4.69, 9.17) is 5.73 Å². The zero-order valence-corrected chi connectivity index (χ0v) is 13.1. The smallest absolute Gasteiger partial charge is 0.242 e. The van der Waals surface area contributed by atoms with Crippen molar-refractivity contribution in [2.75, 3.05) is 25.9 Å². The van der Waals surface area contributed by atoms with Gasteiger partial charge < -0.3 is 10.6 Å². The second-order valence-electron chi connectivity index (χ2n) is 5.70. The number of aryl methyl sites for hydroxylation is 2. The molecular weight excluding hydrogens is 274 g/mol. The van der Waals surface area contributed by atoms with E-state index in [9.17, 15) is 8.42 Å². The van der Waals surface area contributed by atoms with Crippen molar-refractivity contribution in [3.8, 4) is 0 Å². The molecule has 1 aromatic carbocycles. The van der Waals surface area contributed by atoms with E-state index in [1.807, 2.05) is 20.9 Å². The molecule has 1 heterocycles. The maximum atomic E-state index is 12.5. The summed E-state index contributed by atoms with van der Waals surface area (Å²) in [6.45, 7) is 5.57. The number of nitrogens with one attached hydrogen (secondary N) is 1. The van der Waals surface area contributed by atoms with Crippen molar-refractivity contribution in [2.45, 2.75) is 37.6 Å². The van der Waals surface area contributed by atoms with Crippen LogP contribution in [0.1, 0.15) is 24.0 Å². The molecule has 0 radical (unpaired) electrons. The molecule has 1 saturated heterocycles. The summed E-state index contributed by atoms with van der Waals surface area (Å²) in [6, 6.07) is 3.33. The number of hydrogen-bond acceptors (Lipinski definition) is 4. The largest absolute Gasteiger partial charge is 0.398 e. The molecule has 0 bridgehead atoms. The van der Waals surface area contributed by atoms with Crippen molar-refractivity contribution >= 4 is 15.7 Å². The van der Waals surface area contributed by atoms with Gasteiger partial charge in [-0.1, -0.05) is 0 Å². The van der Waals surface area contributed by atoms with Crippen LogP contribution in [0.5, 0.6) is 0 Å². The maximum absolute atomic E-state index is 12.5. The lowest BCUT2D eigenvalue weighted by atomic mass is 10.1. The molecule has 20 heavy (non-hydrogen) atoms. The lowest BCUT2D eigenvalue weighted by molar-refractivity contribution is 0.242. The fourth-order valence-corrected chi connectivity index (χ4v) is 4.05. The Bertz CT molecular complexity index is 599. The first kappa shape index (κ1) is 15.3. The number of nitrogens with zero attached hydrogens (tertiary/aromatic N) is 1. The highest BCUT2D eigenvalue weighted by molar-refractivity contribution is 7.89. The number of nitrogens with two attached hydrogens (primary N) is 1. The van der Waals surface area contributed by atoms with Crippen molar-refractivity contribution in [3.63, 3.8) is 0 Å². The van der Waals surface area contributed by atoms with Crippen LogP contribution >= 0.6 is 0 Å². The molecule has 0 aromatic heterocycles. The summed E-state index contributed by atoms with van der Waals surface area (Å²) in [6.07, 6.45) is 1.88. The van der Waals surface area contributed by atoms with Gasteiger partial charge in [-0.2, -0.15) is 0 Å². The van der Waals surface area contributed by atoms with E-state index in [2.05, 4.69) is 9.62 Å². The van der Waals surface area contributed by atoms with Gasteiger partial charge in [0, 0.05) is 12.6 Å². The summed E-state index contributed by atoms with van der Waals surface area (Å²) in [5.74, 6) is 0. The second kappa shape index (κ2) is 5.71. The zero-order valence-electron chi connectivity index (χ0n) is 12.3. The average Bonchev–Trinajstić information content (AvgIpc) is 2.33. The van der Waals surface area contributed by atoms with Gasteiger partial charge in [0.2, 0.25) is 10.0 Å². The summed E-state index contributed by atoms with van der Waals surface area (Å²) in [5.41, 5.74) is 8.12. The van der Waals surface area contributed by atoms with E-state index >= 15 is 0 Å². The third-order valence-electron chi connectivity index (χ3n) is 3.86. The van der Waals surface area contributed by atoms with E-state index in [1.165, 1.54) is 0 Å². The normalized spacial score (nSPS) is 21.1. The third-order valence-corrected chi connectivity index (χ3v) is 5.44. The number of hydrogen-bond donors (Lipinski definition) is 2. The zero-order chi connectivity index (χ0) is 14.9. The van der Waals surface area contributed by atoms with Gasteiger partial charge in [0.25, 0.3) is 0 Å². The summed E-state index contributed by atoms with van der Waals surface area (Å²) in [7, 11) is -1.55. The van der Waals surface area contributed by atoms with E-state index in [0.29, 0.717) is 5.69 Å². The highest BCUT2D eigenvalue weighted by Crippen LogP contribution is 2.23. The number of likely N-dealkylation sites (tertiary alicyclic amines) is 1. The molecule has 0 amide bonds. The van der Waals surface area contributed by atoms with E-state index in [1.54, 1.807) is 12.1 Å². The Labute approximate surface area is 121 Å². The molecule has 0 saturated carbocycles. The Kier molecular flexibility index (Phi) is 4.36. The van der Waals surface area contributed by atoms with Crippen LogP contribution < -0.4 is 10.5 Å². The fourth-order valence-electron chi connectivity index (χ4n) is 2.59. The van der Waals surface area contributed by atoms with Crippen LogP contribution in [0.4, 0.5) is 5.69 Å². The van der Waals surface area contributed by atoms with Gasteiger partial charge >= 0.3 is 0 Å². The highest BCUT2D eigenvalue weighted by Gasteiger charge is 2.25. The SMILES string of the molecule is Cc1cc(N)c(S(=O)(=O)NC2CCCN(C)C2)cc1C. The molecule has 0 spiro atoms. The van der Waals surface area contributed by atoms with Gasteiger partial charge in [-0.3, -0.25) is 0 Å². The number of rotatable bonds is 3. The minimum absolute atomic E-state index is 0.0419. The standard InChI is InChI=1S/C14H23N3O2S/c1-10-7-13(15)14(8-11(10)2)20(18,19)16-12-5-4-6-17(3)9-12/h7-8,12,16H,4-6,9,15H2,1-3H3. The predicted molar refractivity (Wildman–Crippen MR) is 81.2 cm³/mol. The van der Waals surface area contributed by atoms with Gasteiger partial charge in [0.1, 0.15) is 4.90 Å². The molecule has 1 aliphatic heterocycles. The van der Waals surface area contributed by atoms with Gasteiger partial charge in [0.05, 0.1) is 5.69 Å². The molecular formula is C14H23N3O2S. The average molecular weight is 297 g/mol. The number of piperidine rings is 1. The number of likely N-dealkylation sites (N-methyl/N-ethyl adjacent to an activating group) is 1. The first-order valence-electron chi connectivity index (χ1n) is 6.87. The second-order valence-corrected chi connectivity index (χ2v) is 7.38. The number of sulfonamides is 1. The molecule has 1 aromatic rings. The number of nitrogen functional groups attached to an aromatic ring is 1. The minimum atomic E-state index is -3.55. The van der Waals surface area contributed by atoms with Crippen molar-refractivity contribution in [1.29, 1.82) is 0 Å². The summed E-state index contributed by atoms with van der Waals surface area (Å²) < 4.78 is 27.7. The van der Waals surface area contributed by atoms with E-state index in [-0.39, 0.29) is 10.9 Å². The Morgan fingerprint density at radius 2 is 1.95 bits per heavy atom. The Morgan fingerprint density at radius 3 is 2.60 bits per heavy atom. The Morgan fingerprint density at radius 1 is 1.30 bits per heavy atom. The van der Waals surface area contributed by atoms with Crippen LogP contribution in [0, 0.1) is 13.8 Å². The van der Waals surface area contributed by atoms with Gasteiger partial charge in [-0.15, -0.1) is 0 Å². The first-order valence-corrected chi connectivity index (χ1v) is 8.35. The molecule has 0 aliphatic carbocycles. The molecule has 1 atom stereocenters. The van der Waals surface area contributed by atoms with Crippen molar-refractivity contribution in [3.05, 3.63) is 23.3 Å². The summed E-state index contributed by atoms with van der Waals surface area (Å²) >= 11 is 0. The summed E-state index contributed by atoms with van der Waals surface area (Å²) in [5, 5.41) is 0. The van der Waals surface area contributed by atoms with E-state index in [0.717, 1.165) is 37.1 Å². The Hall–Kier alpha value is -1.11. The lowest BCUT2D eigenvalue weighted by Crippen LogP contribution is -2.46. The molecule has 3 N–H and O–H groups in total. The maximum Gasteiger partial charge on any atom is 0.242 e. The third kappa shape index (κ3) is 3.31. The first-order chi connectivity index (χ1) is 9.29. The summed E-state index contributed by atoms with van der Waals surface area (Å²) in [4.78, 5) is 2.33. The van der Waals surface area contributed by atoms with Crippen LogP contribution in [-0.2, 0) is 10.0 Å².